The Morgan fingerprint density at radius 3 is 2.59 bits per heavy atom. The number of aromatic nitrogens is 2. The number of nitrogens with zero attached hydrogens (tertiary/aromatic N) is 2. The molecule has 22 heavy (non-hydrogen) atoms. The second-order valence-corrected chi connectivity index (χ2v) is 6.31. The Labute approximate surface area is 141 Å². The summed E-state index contributed by atoms with van der Waals surface area (Å²) in [6.07, 6.45) is 1.09. The van der Waals surface area contributed by atoms with Gasteiger partial charge in [-0.1, -0.05) is 43.1 Å². The Hall–Kier alpha value is -1.52. The van der Waals surface area contributed by atoms with Gasteiger partial charge in [-0.15, -0.1) is 0 Å². The van der Waals surface area contributed by atoms with Gasteiger partial charge in [-0.2, -0.15) is 0 Å². The summed E-state index contributed by atoms with van der Waals surface area (Å²) in [5.41, 5.74) is 0.723. The molecule has 6 heteroatoms. The van der Waals surface area contributed by atoms with Crippen LogP contribution in [0.2, 0.25) is 10.0 Å². The van der Waals surface area contributed by atoms with Crippen molar-refractivity contribution in [2.24, 2.45) is 5.92 Å². The van der Waals surface area contributed by atoms with Gasteiger partial charge in [0.15, 0.2) is 0 Å². The Morgan fingerprint density at radius 1 is 1.14 bits per heavy atom. The fourth-order valence-corrected chi connectivity index (χ4v) is 2.30. The van der Waals surface area contributed by atoms with Crippen molar-refractivity contribution in [1.29, 1.82) is 0 Å². The molecule has 118 valence electrons. The average molecular weight is 339 g/mol. The zero-order valence-electron chi connectivity index (χ0n) is 13.0. The first kappa shape index (κ1) is 16.8. The normalized spacial score (nSPS) is 10.8. The fraction of sp³-hybridized carbons (Fsp3) is 0.375. The van der Waals surface area contributed by atoms with E-state index in [1.165, 1.54) is 0 Å². The molecule has 0 saturated heterocycles. The summed E-state index contributed by atoms with van der Waals surface area (Å²) in [6.45, 7) is 7.13. The van der Waals surface area contributed by atoms with E-state index >= 15 is 0 Å². The van der Waals surface area contributed by atoms with E-state index in [9.17, 15) is 0 Å². The minimum atomic E-state index is 0.481. The number of hydrogen-bond acceptors (Lipinski definition) is 4. The van der Waals surface area contributed by atoms with E-state index in [1.807, 2.05) is 25.1 Å². The molecule has 0 amide bonds. The lowest BCUT2D eigenvalue weighted by molar-refractivity contribution is 0.606. The molecule has 0 spiro atoms. The first-order chi connectivity index (χ1) is 10.5. The largest absolute Gasteiger partial charge is 0.370 e. The zero-order valence-corrected chi connectivity index (χ0v) is 14.5. The quantitative estimate of drug-likeness (QED) is 0.750. The lowest BCUT2D eigenvalue weighted by atomic mass is 10.1. The third-order valence-electron chi connectivity index (χ3n) is 3.08. The molecule has 2 rings (SSSR count). The summed E-state index contributed by atoms with van der Waals surface area (Å²) < 4.78 is 0. The molecule has 1 aromatic carbocycles. The highest BCUT2D eigenvalue weighted by molar-refractivity contribution is 6.43. The van der Waals surface area contributed by atoms with Gasteiger partial charge in [0.05, 0.1) is 15.7 Å². The molecule has 0 aliphatic heterocycles. The van der Waals surface area contributed by atoms with Crippen molar-refractivity contribution < 1.29 is 0 Å². The maximum atomic E-state index is 6.19. The average Bonchev–Trinajstić information content (AvgIpc) is 2.43. The van der Waals surface area contributed by atoms with Gasteiger partial charge < -0.3 is 10.6 Å². The summed E-state index contributed by atoms with van der Waals surface area (Å²) >= 11 is 12.2. The van der Waals surface area contributed by atoms with Crippen molar-refractivity contribution in [2.45, 2.75) is 27.2 Å². The zero-order chi connectivity index (χ0) is 16.1. The van der Waals surface area contributed by atoms with Crippen LogP contribution in [0.5, 0.6) is 0 Å². The Kier molecular flexibility index (Phi) is 5.86. The van der Waals surface area contributed by atoms with E-state index in [1.54, 1.807) is 6.07 Å². The van der Waals surface area contributed by atoms with E-state index < -0.39 is 0 Å². The van der Waals surface area contributed by atoms with Crippen LogP contribution in [0.1, 0.15) is 26.1 Å². The van der Waals surface area contributed by atoms with E-state index in [4.69, 9.17) is 23.2 Å². The third kappa shape index (κ3) is 4.75. The highest BCUT2D eigenvalue weighted by atomic mass is 35.5. The van der Waals surface area contributed by atoms with Crippen molar-refractivity contribution in [3.8, 4) is 0 Å². The van der Waals surface area contributed by atoms with Crippen molar-refractivity contribution >= 4 is 40.5 Å². The van der Waals surface area contributed by atoms with Crippen LogP contribution in [0.3, 0.4) is 0 Å². The molecule has 1 aromatic heterocycles. The maximum Gasteiger partial charge on any atom is 0.136 e. The second-order valence-electron chi connectivity index (χ2n) is 5.52. The van der Waals surface area contributed by atoms with Crippen LogP contribution in [0.4, 0.5) is 17.3 Å². The molecule has 0 aliphatic carbocycles. The van der Waals surface area contributed by atoms with Gasteiger partial charge in [0, 0.05) is 12.6 Å². The number of rotatable bonds is 6. The number of benzene rings is 1. The summed E-state index contributed by atoms with van der Waals surface area (Å²) in [5.74, 6) is 2.83. The van der Waals surface area contributed by atoms with Crippen LogP contribution in [0.15, 0.2) is 24.3 Å². The number of aryl methyl sites for hydroxylation is 1. The van der Waals surface area contributed by atoms with Crippen molar-refractivity contribution in [3.63, 3.8) is 0 Å². The summed E-state index contributed by atoms with van der Waals surface area (Å²) in [4.78, 5) is 8.77. The molecule has 0 saturated carbocycles. The molecule has 1 heterocycles. The van der Waals surface area contributed by atoms with Gasteiger partial charge in [-0.25, -0.2) is 9.97 Å². The fourth-order valence-electron chi connectivity index (χ4n) is 1.95. The van der Waals surface area contributed by atoms with E-state index in [-0.39, 0.29) is 0 Å². The highest BCUT2D eigenvalue weighted by Crippen LogP contribution is 2.31. The van der Waals surface area contributed by atoms with E-state index in [0.717, 1.165) is 24.5 Å². The molecular weight excluding hydrogens is 319 g/mol. The minimum absolute atomic E-state index is 0.481. The molecule has 0 aliphatic rings. The highest BCUT2D eigenvalue weighted by Gasteiger charge is 2.07. The molecule has 0 fully saturated rings. The predicted molar refractivity (Wildman–Crippen MR) is 94.5 cm³/mol. The summed E-state index contributed by atoms with van der Waals surface area (Å²) in [6, 6.07) is 7.31. The van der Waals surface area contributed by atoms with Gasteiger partial charge in [-0.05, 0) is 31.4 Å². The first-order valence-corrected chi connectivity index (χ1v) is 8.02. The standard InChI is InChI=1S/C16H20Cl2N4/c1-10(2)7-8-19-14-9-15(21-11(3)20-14)22-13-6-4-5-12(17)16(13)18/h4-6,9-10H,7-8H2,1-3H3,(H2,19,20,21,22). The molecule has 2 N–H and O–H groups in total. The molecule has 0 atom stereocenters. The SMILES string of the molecule is Cc1nc(NCCC(C)C)cc(Nc2cccc(Cl)c2Cl)n1. The lowest BCUT2D eigenvalue weighted by Crippen LogP contribution is -2.08. The van der Waals surface area contributed by atoms with Crippen LogP contribution in [-0.4, -0.2) is 16.5 Å². The first-order valence-electron chi connectivity index (χ1n) is 7.26. The number of hydrogen-bond donors (Lipinski definition) is 2. The van der Waals surface area contributed by atoms with Crippen molar-refractivity contribution in [2.75, 3.05) is 17.2 Å². The number of halogens is 2. The number of nitrogens with one attached hydrogen (secondary N) is 2. The summed E-state index contributed by atoms with van der Waals surface area (Å²) in [7, 11) is 0. The van der Waals surface area contributed by atoms with Gasteiger partial charge in [-0.3, -0.25) is 0 Å². The molecule has 4 nitrogen and oxygen atoms in total. The lowest BCUT2D eigenvalue weighted by Gasteiger charge is -2.12. The topological polar surface area (TPSA) is 49.8 Å². The maximum absolute atomic E-state index is 6.19. The Morgan fingerprint density at radius 2 is 1.86 bits per heavy atom. The van der Waals surface area contributed by atoms with Crippen LogP contribution in [0, 0.1) is 12.8 Å². The molecule has 2 aromatic rings. The van der Waals surface area contributed by atoms with Crippen molar-refractivity contribution in [1.82, 2.24) is 9.97 Å². The predicted octanol–water partition coefficient (Wildman–Crippen LogP) is 5.29. The van der Waals surface area contributed by atoms with Crippen LogP contribution >= 0.6 is 23.2 Å². The number of anilines is 3. The van der Waals surface area contributed by atoms with Gasteiger partial charge in [0.25, 0.3) is 0 Å². The summed E-state index contributed by atoms with van der Waals surface area (Å²) in [5, 5.41) is 7.49. The second kappa shape index (κ2) is 7.65. The molecule has 0 bridgehead atoms. The Bertz CT molecular complexity index is 644. The minimum Gasteiger partial charge on any atom is -0.370 e. The third-order valence-corrected chi connectivity index (χ3v) is 3.90. The van der Waals surface area contributed by atoms with Crippen LogP contribution < -0.4 is 10.6 Å². The van der Waals surface area contributed by atoms with Crippen LogP contribution in [-0.2, 0) is 0 Å². The smallest absolute Gasteiger partial charge is 0.136 e. The molecule has 0 unspecified atom stereocenters. The van der Waals surface area contributed by atoms with E-state index in [2.05, 4.69) is 34.4 Å². The van der Waals surface area contributed by atoms with Gasteiger partial charge >= 0.3 is 0 Å². The van der Waals surface area contributed by atoms with Crippen LogP contribution in [0.25, 0.3) is 0 Å². The molecular formula is C16H20Cl2N4. The van der Waals surface area contributed by atoms with Crippen molar-refractivity contribution in [3.05, 3.63) is 40.1 Å². The van der Waals surface area contributed by atoms with Gasteiger partial charge in [0.2, 0.25) is 0 Å². The monoisotopic (exact) mass is 338 g/mol. The van der Waals surface area contributed by atoms with Gasteiger partial charge in [0.1, 0.15) is 17.5 Å². The molecule has 0 radical (unpaired) electrons. The Balaban J connectivity index is 2.14. The van der Waals surface area contributed by atoms with E-state index in [0.29, 0.717) is 27.6 Å².